The SMILES string of the molecule is Cc1ccccc1CC(=O)N1CCN(C(=O)Cc2ccc(F)cc2)CC1. The monoisotopic (exact) mass is 354 g/mol. The van der Waals surface area contributed by atoms with Crippen LogP contribution >= 0.6 is 0 Å². The van der Waals surface area contributed by atoms with Crippen LogP contribution in [0.2, 0.25) is 0 Å². The molecule has 3 rings (SSSR count). The molecule has 26 heavy (non-hydrogen) atoms. The fraction of sp³-hybridized carbons (Fsp3) is 0.333. The number of aryl methyl sites for hydroxylation is 1. The predicted molar refractivity (Wildman–Crippen MR) is 98.1 cm³/mol. The number of rotatable bonds is 4. The molecule has 0 bridgehead atoms. The molecule has 4 nitrogen and oxygen atoms in total. The summed E-state index contributed by atoms with van der Waals surface area (Å²) in [5, 5.41) is 0. The van der Waals surface area contributed by atoms with Gasteiger partial charge in [0.2, 0.25) is 11.8 Å². The highest BCUT2D eigenvalue weighted by molar-refractivity contribution is 5.81. The molecule has 2 amide bonds. The summed E-state index contributed by atoms with van der Waals surface area (Å²) in [7, 11) is 0. The van der Waals surface area contributed by atoms with Crippen molar-refractivity contribution in [2.45, 2.75) is 19.8 Å². The largest absolute Gasteiger partial charge is 0.339 e. The van der Waals surface area contributed by atoms with E-state index in [0.29, 0.717) is 32.6 Å². The molecule has 2 aromatic rings. The third-order valence-electron chi connectivity index (χ3n) is 4.86. The smallest absolute Gasteiger partial charge is 0.227 e. The van der Waals surface area contributed by atoms with Gasteiger partial charge in [0, 0.05) is 26.2 Å². The van der Waals surface area contributed by atoms with Gasteiger partial charge in [-0.15, -0.1) is 0 Å². The van der Waals surface area contributed by atoms with E-state index in [1.807, 2.05) is 36.1 Å². The molecular formula is C21H23FN2O2. The van der Waals surface area contributed by atoms with Crippen molar-refractivity contribution >= 4 is 11.8 Å². The summed E-state index contributed by atoms with van der Waals surface area (Å²) in [6.07, 6.45) is 0.660. The maximum absolute atomic E-state index is 12.9. The third kappa shape index (κ3) is 4.48. The Labute approximate surface area is 153 Å². The van der Waals surface area contributed by atoms with Gasteiger partial charge in [-0.05, 0) is 35.7 Å². The number of hydrogen-bond donors (Lipinski definition) is 0. The van der Waals surface area contributed by atoms with Gasteiger partial charge >= 0.3 is 0 Å². The van der Waals surface area contributed by atoms with Crippen LogP contribution in [-0.2, 0) is 22.4 Å². The molecule has 0 unspecified atom stereocenters. The van der Waals surface area contributed by atoms with Crippen molar-refractivity contribution in [1.29, 1.82) is 0 Å². The lowest BCUT2D eigenvalue weighted by Gasteiger charge is -2.35. The van der Waals surface area contributed by atoms with Crippen LogP contribution in [0.3, 0.4) is 0 Å². The van der Waals surface area contributed by atoms with E-state index in [4.69, 9.17) is 0 Å². The summed E-state index contributed by atoms with van der Waals surface area (Å²) in [5.74, 6) is -0.186. The highest BCUT2D eigenvalue weighted by Gasteiger charge is 2.24. The Balaban J connectivity index is 1.50. The minimum atomic E-state index is -0.304. The highest BCUT2D eigenvalue weighted by Crippen LogP contribution is 2.12. The lowest BCUT2D eigenvalue weighted by Crippen LogP contribution is -2.51. The van der Waals surface area contributed by atoms with Gasteiger partial charge in [-0.3, -0.25) is 9.59 Å². The first kappa shape index (κ1) is 18.1. The van der Waals surface area contributed by atoms with Gasteiger partial charge in [-0.2, -0.15) is 0 Å². The Kier molecular flexibility index (Phi) is 5.66. The fourth-order valence-electron chi connectivity index (χ4n) is 3.18. The minimum absolute atomic E-state index is 0.0163. The number of halogens is 1. The van der Waals surface area contributed by atoms with Gasteiger partial charge in [-0.25, -0.2) is 4.39 Å². The Morgan fingerprint density at radius 3 is 1.96 bits per heavy atom. The molecule has 136 valence electrons. The van der Waals surface area contributed by atoms with Crippen LogP contribution < -0.4 is 0 Å². The van der Waals surface area contributed by atoms with Crippen LogP contribution in [0.25, 0.3) is 0 Å². The molecule has 0 atom stereocenters. The summed E-state index contributed by atoms with van der Waals surface area (Å²) < 4.78 is 12.9. The first-order valence-electron chi connectivity index (χ1n) is 8.87. The fourth-order valence-corrected chi connectivity index (χ4v) is 3.18. The molecule has 1 saturated heterocycles. The maximum Gasteiger partial charge on any atom is 0.227 e. The average Bonchev–Trinajstić information content (AvgIpc) is 2.65. The Morgan fingerprint density at radius 2 is 1.38 bits per heavy atom. The summed E-state index contributed by atoms with van der Waals surface area (Å²) in [5.41, 5.74) is 2.97. The van der Waals surface area contributed by atoms with Gasteiger partial charge in [0.15, 0.2) is 0 Å². The zero-order valence-electron chi connectivity index (χ0n) is 15.0. The lowest BCUT2D eigenvalue weighted by atomic mass is 10.1. The van der Waals surface area contributed by atoms with Crippen molar-refractivity contribution in [2.24, 2.45) is 0 Å². The van der Waals surface area contributed by atoms with Crippen LogP contribution in [0.5, 0.6) is 0 Å². The van der Waals surface area contributed by atoms with Crippen molar-refractivity contribution < 1.29 is 14.0 Å². The Morgan fingerprint density at radius 1 is 0.846 bits per heavy atom. The molecule has 1 fully saturated rings. The zero-order chi connectivity index (χ0) is 18.5. The van der Waals surface area contributed by atoms with Crippen molar-refractivity contribution in [2.75, 3.05) is 26.2 Å². The Bertz CT molecular complexity index is 781. The summed E-state index contributed by atoms with van der Waals surface area (Å²) in [6.45, 7) is 4.20. The highest BCUT2D eigenvalue weighted by atomic mass is 19.1. The van der Waals surface area contributed by atoms with E-state index in [-0.39, 0.29) is 24.1 Å². The molecule has 0 aromatic heterocycles. The predicted octanol–water partition coefficient (Wildman–Crippen LogP) is 2.59. The first-order chi connectivity index (χ1) is 12.5. The van der Waals surface area contributed by atoms with Gasteiger partial charge in [0.1, 0.15) is 5.82 Å². The van der Waals surface area contributed by atoms with Gasteiger partial charge < -0.3 is 9.80 Å². The van der Waals surface area contributed by atoms with E-state index < -0.39 is 0 Å². The van der Waals surface area contributed by atoms with Gasteiger partial charge in [0.25, 0.3) is 0 Å². The quantitative estimate of drug-likeness (QED) is 0.847. The Hall–Kier alpha value is -2.69. The van der Waals surface area contributed by atoms with Gasteiger partial charge in [-0.1, -0.05) is 36.4 Å². The van der Waals surface area contributed by atoms with E-state index in [1.165, 1.54) is 12.1 Å². The number of piperazine rings is 1. The number of amides is 2. The van der Waals surface area contributed by atoms with Crippen LogP contribution in [0.1, 0.15) is 16.7 Å². The number of hydrogen-bond acceptors (Lipinski definition) is 2. The molecule has 1 aliphatic rings. The molecule has 0 spiro atoms. The molecule has 0 saturated carbocycles. The average molecular weight is 354 g/mol. The number of nitrogens with zero attached hydrogens (tertiary/aromatic N) is 2. The lowest BCUT2D eigenvalue weighted by molar-refractivity contribution is -0.138. The molecule has 0 aliphatic carbocycles. The normalized spacial score (nSPS) is 14.4. The van der Waals surface area contributed by atoms with E-state index in [0.717, 1.165) is 16.7 Å². The second-order valence-corrected chi connectivity index (χ2v) is 6.67. The molecule has 0 radical (unpaired) electrons. The van der Waals surface area contributed by atoms with Crippen molar-refractivity contribution in [3.05, 3.63) is 71.0 Å². The standard InChI is InChI=1S/C21H23FN2O2/c1-16-4-2-3-5-18(16)15-21(26)24-12-10-23(11-13-24)20(25)14-17-6-8-19(22)9-7-17/h2-9H,10-15H2,1H3. The second kappa shape index (κ2) is 8.13. The van der Waals surface area contributed by atoms with Crippen molar-refractivity contribution in [3.63, 3.8) is 0 Å². The third-order valence-corrected chi connectivity index (χ3v) is 4.86. The minimum Gasteiger partial charge on any atom is -0.339 e. The van der Waals surface area contributed by atoms with Crippen LogP contribution in [0.15, 0.2) is 48.5 Å². The maximum atomic E-state index is 12.9. The number of benzene rings is 2. The van der Waals surface area contributed by atoms with E-state index in [2.05, 4.69) is 0 Å². The summed E-state index contributed by atoms with van der Waals surface area (Å²) in [4.78, 5) is 28.5. The van der Waals surface area contributed by atoms with Gasteiger partial charge in [0.05, 0.1) is 12.8 Å². The van der Waals surface area contributed by atoms with Crippen LogP contribution in [0, 0.1) is 12.7 Å². The molecule has 1 heterocycles. The molecule has 5 heteroatoms. The second-order valence-electron chi connectivity index (χ2n) is 6.67. The van der Waals surface area contributed by atoms with Crippen LogP contribution in [-0.4, -0.2) is 47.8 Å². The molecule has 1 aliphatic heterocycles. The van der Waals surface area contributed by atoms with E-state index in [9.17, 15) is 14.0 Å². The number of carbonyl (C=O) groups is 2. The molecular weight excluding hydrogens is 331 g/mol. The van der Waals surface area contributed by atoms with Crippen molar-refractivity contribution in [1.82, 2.24) is 9.80 Å². The summed E-state index contributed by atoms with van der Waals surface area (Å²) >= 11 is 0. The van der Waals surface area contributed by atoms with E-state index in [1.54, 1.807) is 17.0 Å². The zero-order valence-corrected chi connectivity index (χ0v) is 15.0. The molecule has 2 aromatic carbocycles. The number of carbonyl (C=O) groups excluding carboxylic acids is 2. The topological polar surface area (TPSA) is 40.6 Å². The van der Waals surface area contributed by atoms with E-state index >= 15 is 0 Å². The first-order valence-corrected chi connectivity index (χ1v) is 8.87. The van der Waals surface area contributed by atoms with Crippen LogP contribution in [0.4, 0.5) is 4.39 Å². The van der Waals surface area contributed by atoms with Crippen molar-refractivity contribution in [3.8, 4) is 0 Å². The molecule has 0 N–H and O–H groups in total. The summed E-state index contributed by atoms with van der Waals surface area (Å²) in [6, 6.07) is 13.9.